The van der Waals surface area contributed by atoms with Gasteiger partial charge in [0.15, 0.2) is 0 Å². The van der Waals surface area contributed by atoms with Gasteiger partial charge in [0.25, 0.3) is 0 Å². The lowest BCUT2D eigenvalue weighted by atomic mass is 10.1. The van der Waals surface area contributed by atoms with E-state index in [1.54, 1.807) is 0 Å². The zero-order valence-corrected chi connectivity index (χ0v) is 11.2. The minimum absolute atomic E-state index is 0.0375. The van der Waals surface area contributed by atoms with Crippen LogP contribution in [0.5, 0.6) is 5.75 Å². The molecule has 2 rings (SSSR count). The molecule has 1 N–H and O–H groups in total. The Morgan fingerprint density at radius 2 is 2.11 bits per heavy atom. The topological polar surface area (TPSA) is 21.3 Å². The molecule has 3 heteroatoms. The van der Waals surface area contributed by atoms with E-state index in [4.69, 9.17) is 4.74 Å². The second kappa shape index (κ2) is 6.19. The van der Waals surface area contributed by atoms with Crippen molar-refractivity contribution in [3.05, 3.63) is 29.6 Å². The highest BCUT2D eigenvalue weighted by molar-refractivity contribution is 5.30. The van der Waals surface area contributed by atoms with Crippen molar-refractivity contribution < 1.29 is 9.13 Å². The Hall–Kier alpha value is -1.09. The van der Waals surface area contributed by atoms with E-state index in [0.717, 1.165) is 19.4 Å². The average Bonchev–Trinajstić information content (AvgIpc) is 2.82. The molecule has 0 spiro atoms. The molecule has 2 nitrogen and oxygen atoms in total. The largest absolute Gasteiger partial charge is 0.490 e. The van der Waals surface area contributed by atoms with Gasteiger partial charge in [-0.3, -0.25) is 0 Å². The van der Waals surface area contributed by atoms with Crippen LogP contribution in [0.1, 0.15) is 51.1 Å². The minimum Gasteiger partial charge on any atom is -0.490 e. The van der Waals surface area contributed by atoms with Crippen molar-refractivity contribution in [3.8, 4) is 5.75 Å². The number of nitrogens with one attached hydrogen (secondary N) is 1. The summed E-state index contributed by atoms with van der Waals surface area (Å²) < 4.78 is 19.8. The zero-order chi connectivity index (χ0) is 13.0. The molecule has 0 aliphatic heterocycles. The van der Waals surface area contributed by atoms with Crippen LogP contribution >= 0.6 is 0 Å². The van der Waals surface area contributed by atoms with Crippen molar-refractivity contribution in [2.75, 3.05) is 6.54 Å². The Labute approximate surface area is 109 Å². The number of benzene rings is 1. The predicted molar refractivity (Wildman–Crippen MR) is 71.4 cm³/mol. The van der Waals surface area contributed by atoms with Crippen molar-refractivity contribution >= 4 is 0 Å². The van der Waals surface area contributed by atoms with Crippen LogP contribution in [0.3, 0.4) is 0 Å². The Bertz CT molecular complexity index is 388. The first kappa shape index (κ1) is 13.3. The molecule has 0 heterocycles. The van der Waals surface area contributed by atoms with E-state index in [1.807, 2.05) is 26.0 Å². The Kier molecular flexibility index (Phi) is 4.59. The van der Waals surface area contributed by atoms with Gasteiger partial charge in [0.2, 0.25) is 0 Å². The van der Waals surface area contributed by atoms with Crippen molar-refractivity contribution in [1.82, 2.24) is 5.32 Å². The molecule has 1 aromatic rings. The van der Waals surface area contributed by atoms with E-state index in [-0.39, 0.29) is 18.0 Å². The van der Waals surface area contributed by atoms with Crippen LogP contribution in [0.4, 0.5) is 4.39 Å². The van der Waals surface area contributed by atoms with Crippen LogP contribution in [-0.2, 0) is 0 Å². The lowest BCUT2D eigenvalue weighted by Crippen LogP contribution is -2.19. The number of halogens is 1. The fourth-order valence-corrected chi connectivity index (χ4v) is 2.55. The molecule has 1 aromatic carbocycles. The molecule has 0 aromatic heterocycles. The number of rotatable bonds is 5. The summed E-state index contributed by atoms with van der Waals surface area (Å²) in [6, 6.07) is 5.26. The smallest absolute Gasteiger partial charge is 0.131 e. The molecular formula is C15H22FNO. The van der Waals surface area contributed by atoms with Crippen LogP contribution in [0.25, 0.3) is 0 Å². The van der Waals surface area contributed by atoms with E-state index in [1.165, 1.54) is 18.9 Å². The SMILES string of the molecule is CCNC(C)c1ccc(OC2CCCC2)cc1F. The lowest BCUT2D eigenvalue weighted by Gasteiger charge is -2.16. The van der Waals surface area contributed by atoms with E-state index in [2.05, 4.69) is 5.32 Å². The monoisotopic (exact) mass is 251 g/mol. The van der Waals surface area contributed by atoms with Crippen molar-refractivity contribution in [2.45, 2.75) is 51.7 Å². The standard InChI is InChI=1S/C15H22FNO/c1-3-17-11(2)14-9-8-13(10-15(14)16)18-12-6-4-5-7-12/h8-12,17H,3-7H2,1-2H3. The average molecular weight is 251 g/mol. The first-order valence-corrected chi connectivity index (χ1v) is 6.90. The third-order valence-corrected chi connectivity index (χ3v) is 3.55. The van der Waals surface area contributed by atoms with Gasteiger partial charge in [-0.15, -0.1) is 0 Å². The summed E-state index contributed by atoms with van der Waals surface area (Å²) in [6.45, 7) is 4.83. The van der Waals surface area contributed by atoms with E-state index >= 15 is 0 Å². The number of hydrogen-bond donors (Lipinski definition) is 1. The molecule has 1 fully saturated rings. The molecule has 1 atom stereocenters. The Morgan fingerprint density at radius 3 is 2.72 bits per heavy atom. The summed E-state index contributed by atoms with van der Waals surface area (Å²) in [4.78, 5) is 0. The summed E-state index contributed by atoms with van der Waals surface area (Å²) in [7, 11) is 0. The van der Waals surface area contributed by atoms with Gasteiger partial charge in [0, 0.05) is 17.7 Å². The molecule has 18 heavy (non-hydrogen) atoms. The van der Waals surface area contributed by atoms with Gasteiger partial charge in [-0.2, -0.15) is 0 Å². The van der Waals surface area contributed by atoms with Gasteiger partial charge in [0.05, 0.1) is 6.10 Å². The van der Waals surface area contributed by atoms with Gasteiger partial charge in [-0.25, -0.2) is 4.39 Å². The predicted octanol–water partition coefficient (Wildman–Crippen LogP) is 3.82. The zero-order valence-electron chi connectivity index (χ0n) is 11.2. The maximum atomic E-state index is 14.0. The third kappa shape index (κ3) is 3.22. The molecule has 1 unspecified atom stereocenters. The molecule has 0 saturated heterocycles. The van der Waals surface area contributed by atoms with Gasteiger partial charge in [-0.05, 0) is 45.2 Å². The van der Waals surface area contributed by atoms with Crippen LogP contribution < -0.4 is 10.1 Å². The molecule has 1 aliphatic carbocycles. The van der Waals surface area contributed by atoms with Crippen molar-refractivity contribution in [3.63, 3.8) is 0 Å². The first-order chi connectivity index (χ1) is 8.70. The van der Waals surface area contributed by atoms with Gasteiger partial charge in [-0.1, -0.05) is 13.0 Å². The summed E-state index contributed by atoms with van der Waals surface area (Å²) in [5.74, 6) is 0.478. The minimum atomic E-state index is -0.182. The fraction of sp³-hybridized carbons (Fsp3) is 0.600. The number of hydrogen-bond acceptors (Lipinski definition) is 2. The van der Waals surface area contributed by atoms with E-state index in [9.17, 15) is 4.39 Å². The Balaban J connectivity index is 2.04. The normalized spacial score (nSPS) is 17.9. The highest BCUT2D eigenvalue weighted by Gasteiger charge is 2.17. The third-order valence-electron chi connectivity index (χ3n) is 3.55. The van der Waals surface area contributed by atoms with Gasteiger partial charge < -0.3 is 10.1 Å². The first-order valence-electron chi connectivity index (χ1n) is 6.90. The maximum absolute atomic E-state index is 14.0. The summed E-state index contributed by atoms with van der Waals surface area (Å²) in [5.41, 5.74) is 0.704. The van der Waals surface area contributed by atoms with E-state index in [0.29, 0.717) is 11.3 Å². The second-order valence-electron chi connectivity index (χ2n) is 4.99. The van der Waals surface area contributed by atoms with Crippen LogP contribution in [0, 0.1) is 5.82 Å². The Morgan fingerprint density at radius 1 is 1.39 bits per heavy atom. The molecule has 100 valence electrons. The summed E-state index contributed by atoms with van der Waals surface area (Å²) in [6.07, 6.45) is 4.92. The fourth-order valence-electron chi connectivity index (χ4n) is 2.55. The van der Waals surface area contributed by atoms with E-state index < -0.39 is 0 Å². The maximum Gasteiger partial charge on any atom is 0.131 e. The van der Waals surface area contributed by atoms with Crippen LogP contribution in [0.15, 0.2) is 18.2 Å². The highest BCUT2D eigenvalue weighted by atomic mass is 19.1. The highest BCUT2D eigenvalue weighted by Crippen LogP contribution is 2.26. The molecule has 1 saturated carbocycles. The lowest BCUT2D eigenvalue weighted by molar-refractivity contribution is 0.209. The molecular weight excluding hydrogens is 229 g/mol. The quantitative estimate of drug-likeness (QED) is 0.859. The van der Waals surface area contributed by atoms with Crippen molar-refractivity contribution in [1.29, 1.82) is 0 Å². The summed E-state index contributed by atoms with van der Waals surface area (Å²) in [5, 5.41) is 3.21. The molecule has 0 bridgehead atoms. The van der Waals surface area contributed by atoms with Gasteiger partial charge >= 0.3 is 0 Å². The van der Waals surface area contributed by atoms with Crippen LogP contribution in [0.2, 0.25) is 0 Å². The molecule has 0 amide bonds. The summed E-state index contributed by atoms with van der Waals surface area (Å²) >= 11 is 0. The molecule has 1 aliphatic rings. The second-order valence-corrected chi connectivity index (χ2v) is 4.99. The van der Waals surface area contributed by atoms with Crippen LogP contribution in [-0.4, -0.2) is 12.6 Å². The van der Waals surface area contributed by atoms with Gasteiger partial charge in [0.1, 0.15) is 11.6 Å². The number of ether oxygens (including phenoxy) is 1. The molecule has 0 radical (unpaired) electrons. The van der Waals surface area contributed by atoms with Crippen molar-refractivity contribution in [2.24, 2.45) is 0 Å².